The molecule has 0 aliphatic carbocycles. The Morgan fingerprint density at radius 3 is 2.78 bits per heavy atom. The molecular weight excluding hydrogens is 486 g/mol. The van der Waals surface area contributed by atoms with Crippen LogP contribution in [0.1, 0.15) is 37.4 Å². The summed E-state index contributed by atoms with van der Waals surface area (Å²) < 4.78 is 35.5. The number of aromatic nitrogens is 2. The van der Waals surface area contributed by atoms with Crippen LogP contribution < -0.4 is 10.2 Å². The average molecular weight is 517 g/mol. The number of hydrogen-bond acceptors (Lipinski definition) is 7. The van der Waals surface area contributed by atoms with Crippen LogP contribution in [0.3, 0.4) is 0 Å². The number of nitrogens with zero attached hydrogens (tertiary/aromatic N) is 3. The van der Waals surface area contributed by atoms with Crippen LogP contribution >= 0.6 is 11.8 Å². The van der Waals surface area contributed by atoms with Crippen molar-refractivity contribution in [2.24, 2.45) is 5.41 Å². The molecule has 3 heterocycles. The summed E-state index contributed by atoms with van der Waals surface area (Å²) >= 11 is 1.67. The number of carbonyl (C=O) groups is 1. The summed E-state index contributed by atoms with van der Waals surface area (Å²) in [5, 5.41) is 10.7. The Balaban J connectivity index is 1.40. The summed E-state index contributed by atoms with van der Waals surface area (Å²) in [4.78, 5) is 23.3. The predicted molar refractivity (Wildman–Crippen MR) is 134 cm³/mol. The maximum Gasteiger partial charge on any atom is 0.249 e. The third-order valence-corrected chi connectivity index (χ3v) is 7.87. The van der Waals surface area contributed by atoms with Crippen molar-refractivity contribution in [3.63, 3.8) is 0 Å². The quantitative estimate of drug-likeness (QED) is 0.224. The molecule has 1 saturated heterocycles. The number of ether oxygens (including phenoxy) is 1. The van der Waals surface area contributed by atoms with Gasteiger partial charge in [0.2, 0.25) is 5.91 Å². The Labute approximate surface area is 213 Å². The summed E-state index contributed by atoms with van der Waals surface area (Å²) in [6, 6.07) is 10.7. The van der Waals surface area contributed by atoms with Gasteiger partial charge >= 0.3 is 0 Å². The van der Waals surface area contributed by atoms with E-state index in [4.69, 9.17) is 4.74 Å². The van der Waals surface area contributed by atoms with Gasteiger partial charge in [-0.15, -0.1) is 11.8 Å². The molecule has 0 spiro atoms. The molecule has 10 heteroatoms. The number of hydroxylamine groups is 1. The fourth-order valence-corrected chi connectivity index (χ4v) is 5.65. The summed E-state index contributed by atoms with van der Waals surface area (Å²) in [7, 11) is 1.49. The highest BCUT2D eigenvalue weighted by atomic mass is 32.2. The molecule has 1 amide bonds. The fraction of sp³-hybridized carbons (Fsp3) is 0.423. The highest BCUT2D eigenvalue weighted by Gasteiger charge is 2.41. The second-order valence-electron chi connectivity index (χ2n) is 8.99. The van der Waals surface area contributed by atoms with Crippen molar-refractivity contribution in [3.05, 3.63) is 60.2 Å². The van der Waals surface area contributed by atoms with Gasteiger partial charge in [-0.05, 0) is 69.1 Å². The first-order valence-corrected chi connectivity index (χ1v) is 12.9. The molecule has 0 radical (unpaired) electrons. The van der Waals surface area contributed by atoms with Crippen molar-refractivity contribution in [2.75, 3.05) is 32.5 Å². The van der Waals surface area contributed by atoms with Gasteiger partial charge in [0.1, 0.15) is 17.7 Å². The number of methoxy groups -OCH3 is 1. The van der Waals surface area contributed by atoms with Gasteiger partial charge in [-0.25, -0.2) is 19.2 Å². The maximum absolute atomic E-state index is 15.5. The first-order chi connectivity index (χ1) is 17.5. The van der Waals surface area contributed by atoms with E-state index in [9.17, 15) is 14.4 Å². The first-order valence-electron chi connectivity index (χ1n) is 11.9. The van der Waals surface area contributed by atoms with Crippen molar-refractivity contribution in [3.8, 4) is 5.75 Å². The van der Waals surface area contributed by atoms with Crippen LogP contribution in [0.4, 0.5) is 8.78 Å². The minimum Gasteiger partial charge on any atom is -0.497 e. The lowest BCUT2D eigenvalue weighted by Gasteiger charge is -2.40. The smallest absolute Gasteiger partial charge is 0.249 e. The van der Waals surface area contributed by atoms with E-state index in [0.717, 1.165) is 23.5 Å². The lowest BCUT2D eigenvalue weighted by atomic mass is 9.73. The summed E-state index contributed by atoms with van der Waals surface area (Å²) in [6.07, 6.45) is 2.23. The Hall–Kier alpha value is -2.82. The van der Waals surface area contributed by atoms with Crippen LogP contribution in [0.2, 0.25) is 0 Å². The number of fused-ring (bicyclic) bond motifs is 1. The van der Waals surface area contributed by atoms with Gasteiger partial charge < -0.3 is 9.64 Å². The van der Waals surface area contributed by atoms with Gasteiger partial charge in [0.05, 0.1) is 29.3 Å². The molecule has 2 N–H and O–H groups in total. The van der Waals surface area contributed by atoms with Crippen LogP contribution in [0.15, 0.2) is 53.8 Å². The molecule has 1 aliphatic rings. The van der Waals surface area contributed by atoms with Crippen LogP contribution in [0.25, 0.3) is 10.9 Å². The maximum atomic E-state index is 15.5. The summed E-state index contributed by atoms with van der Waals surface area (Å²) in [5.41, 5.74) is 1.25. The standard InChI is InChI=1S/C26H30F2N4O3S/c1-35-18-5-6-22-19(16-18)24(21(28)17-30-22)20(27)7-8-26(25(33)31-34)9-12-32(13-10-26)14-15-36-23-4-2-3-11-29-23/h2-6,11,16-17,20,34H,7-10,12-15H2,1H3,(H,31,33). The number of benzene rings is 1. The lowest BCUT2D eigenvalue weighted by molar-refractivity contribution is -0.143. The molecule has 3 aromatic rings. The molecule has 2 aromatic heterocycles. The van der Waals surface area contributed by atoms with Gasteiger partial charge in [-0.3, -0.25) is 15.0 Å². The van der Waals surface area contributed by atoms with Crippen LogP contribution in [0, 0.1) is 11.2 Å². The lowest BCUT2D eigenvalue weighted by Crippen LogP contribution is -2.48. The first kappa shape index (κ1) is 26.2. The van der Waals surface area contributed by atoms with Crippen molar-refractivity contribution < 1.29 is 23.5 Å². The zero-order valence-corrected chi connectivity index (χ0v) is 20.9. The third-order valence-electron chi connectivity index (χ3n) is 6.95. The SMILES string of the molecule is COc1ccc2ncc(F)c(C(F)CCC3(C(=O)NO)CCN(CCSc4ccccn4)CC3)c2c1. The number of amides is 1. The van der Waals surface area contributed by atoms with Crippen molar-refractivity contribution in [1.82, 2.24) is 20.3 Å². The molecule has 7 nitrogen and oxygen atoms in total. The highest BCUT2D eigenvalue weighted by Crippen LogP contribution is 2.41. The number of rotatable bonds is 10. The minimum atomic E-state index is -1.64. The summed E-state index contributed by atoms with van der Waals surface area (Å²) in [6.45, 7) is 2.13. The Kier molecular flexibility index (Phi) is 8.71. The van der Waals surface area contributed by atoms with Gasteiger partial charge in [-0.2, -0.15) is 0 Å². The molecule has 192 valence electrons. The molecular formula is C26H30F2N4O3S. The number of thioether (sulfide) groups is 1. The number of pyridine rings is 2. The van der Waals surface area contributed by atoms with E-state index >= 15 is 4.39 Å². The Morgan fingerprint density at radius 2 is 2.08 bits per heavy atom. The molecule has 1 atom stereocenters. The number of nitrogens with one attached hydrogen (secondary N) is 1. The van der Waals surface area contributed by atoms with Gasteiger partial charge in [0.15, 0.2) is 0 Å². The molecule has 1 aromatic carbocycles. The monoisotopic (exact) mass is 516 g/mol. The Morgan fingerprint density at radius 1 is 1.28 bits per heavy atom. The number of piperidine rings is 1. The number of likely N-dealkylation sites (tertiary alicyclic amines) is 1. The second kappa shape index (κ2) is 11.9. The van der Waals surface area contributed by atoms with E-state index in [1.165, 1.54) is 7.11 Å². The van der Waals surface area contributed by atoms with E-state index in [2.05, 4.69) is 14.9 Å². The zero-order valence-electron chi connectivity index (χ0n) is 20.1. The van der Waals surface area contributed by atoms with Gasteiger partial charge in [0.25, 0.3) is 0 Å². The van der Waals surface area contributed by atoms with Crippen LogP contribution in [-0.2, 0) is 4.79 Å². The third kappa shape index (κ3) is 5.93. The highest BCUT2D eigenvalue weighted by molar-refractivity contribution is 7.99. The zero-order chi connectivity index (χ0) is 25.5. The molecule has 1 unspecified atom stereocenters. The fourth-order valence-electron chi connectivity index (χ4n) is 4.79. The molecule has 4 rings (SSSR count). The van der Waals surface area contributed by atoms with E-state index in [1.54, 1.807) is 41.6 Å². The molecule has 1 aliphatic heterocycles. The molecule has 36 heavy (non-hydrogen) atoms. The average Bonchev–Trinajstić information content (AvgIpc) is 2.92. The van der Waals surface area contributed by atoms with Crippen molar-refractivity contribution >= 4 is 28.6 Å². The topological polar surface area (TPSA) is 87.6 Å². The normalized spacial score (nSPS) is 16.6. The van der Waals surface area contributed by atoms with Gasteiger partial charge in [-0.1, -0.05) is 6.07 Å². The van der Waals surface area contributed by atoms with Crippen LogP contribution in [0.5, 0.6) is 5.75 Å². The van der Waals surface area contributed by atoms with Crippen molar-refractivity contribution in [2.45, 2.75) is 36.9 Å². The Bertz CT molecular complexity index is 1180. The molecule has 0 bridgehead atoms. The minimum absolute atomic E-state index is 0.0593. The van der Waals surface area contributed by atoms with E-state index in [1.807, 2.05) is 18.2 Å². The van der Waals surface area contributed by atoms with E-state index < -0.39 is 23.3 Å². The largest absolute Gasteiger partial charge is 0.497 e. The number of carbonyl (C=O) groups excluding carboxylic acids is 1. The molecule has 0 saturated carbocycles. The second-order valence-corrected chi connectivity index (χ2v) is 10.1. The predicted octanol–water partition coefficient (Wildman–Crippen LogP) is 4.95. The van der Waals surface area contributed by atoms with Crippen LogP contribution in [-0.4, -0.2) is 58.5 Å². The number of alkyl halides is 1. The van der Waals surface area contributed by atoms with E-state index in [0.29, 0.717) is 42.6 Å². The van der Waals surface area contributed by atoms with E-state index in [-0.39, 0.29) is 18.4 Å². The number of hydrogen-bond donors (Lipinski definition) is 2. The van der Waals surface area contributed by atoms with Crippen molar-refractivity contribution in [1.29, 1.82) is 0 Å². The summed E-state index contributed by atoms with van der Waals surface area (Å²) in [5.74, 6) is 0.0943. The molecule has 1 fully saturated rings. The van der Waals surface area contributed by atoms with Gasteiger partial charge in [0, 0.05) is 29.4 Å². The number of halogens is 2.